The van der Waals surface area contributed by atoms with Crippen LogP contribution in [0.1, 0.15) is 33.6 Å². The minimum Gasteiger partial charge on any atom is -0.480 e. The molecule has 2 heterocycles. The van der Waals surface area contributed by atoms with Crippen LogP contribution in [-0.2, 0) is 14.8 Å². The van der Waals surface area contributed by atoms with Gasteiger partial charge < -0.3 is 14.4 Å². The molecule has 2 N–H and O–H groups in total. The molecule has 1 aliphatic heterocycles. The molecule has 0 unspecified atom stereocenters. The number of carbonyl (C=O) groups is 3. The first-order valence-corrected chi connectivity index (χ1v) is 13.8. The number of carbonyl (C=O) groups excluding carboxylic acids is 2. The molecule has 0 aliphatic carbocycles. The van der Waals surface area contributed by atoms with Crippen LogP contribution in [0.5, 0.6) is 11.5 Å². The molecule has 11 nitrogen and oxygen atoms in total. The van der Waals surface area contributed by atoms with Gasteiger partial charge >= 0.3 is 5.97 Å². The van der Waals surface area contributed by atoms with E-state index in [0.29, 0.717) is 22.6 Å². The molecule has 0 radical (unpaired) electrons. The number of hydrogen-bond donors (Lipinski definition) is 2. The van der Waals surface area contributed by atoms with E-state index in [-0.39, 0.29) is 24.3 Å². The van der Waals surface area contributed by atoms with Gasteiger partial charge in [0.15, 0.2) is 0 Å². The third kappa shape index (κ3) is 5.63. The van der Waals surface area contributed by atoms with Gasteiger partial charge in [0.1, 0.15) is 17.5 Å². The number of benzene rings is 3. The second-order valence-electron chi connectivity index (χ2n) is 9.00. The molecule has 1 aliphatic rings. The van der Waals surface area contributed by atoms with E-state index in [0.717, 1.165) is 10.6 Å². The van der Waals surface area contributed by atoms with E-state index in [1.54, 1.807) is 48.9 Å². The van der Waals surface area contributed by atoms with E-state index in [4.69, 9.17) is 4.74 Å². The highest BCUT2D eigenvalue weighted by molar-refractivity contribution is 7.89. The van der Waals surface area contributed by atoms with Crippen LogP contribution in [0.25, 0.3) is 5.69 Å². The number of aliphatic carboxylic acids is 1. The lowest BCUT2D eigenvalue weighted by Crippen LogP contribution is -2.41. The number of rotatable bonds is 11. The van der Waals surface area contributed by atoms with Gasteiger partial charge in [-0.25, -0.2) is 13.4 Å². The number of carboxylic acids is 1. The normalized spacial score (nSPS) is 13.8. The average molecular weight is 561 g/mol. The molecule has 40 heavy (non-hydrogen) atoms. The molecule has 0 fully saturated rings. The van der Waals surface area contributed by atoms with Crippen molar-refractivity contribution < 1.29 is 32.6 Å². The van der Waals surface area contributed by atoms with Crippen molar-refractivity contribution in [1.29, 1.82) is 0 Å². The van der Waals surface area contributed by atoms with Gasteiger partial charge in [-0.05, 0) is 73.5 Å². The van der Waals surface area contributed by atoms with Crippen LogP contribution < -0.4 is 9.46 Å². The topological polar surface area (TPSA) is 148 Å². The average Bonchev–Trinajstić information content (AvgIpc) is 3.57. The van der Waals surface area contributed by atoms with Gasteiger partial charge in [0.25, 0.3) is 11.8 Å². The molecule has 5 rings (SSSR count). The Morgan fingerprint density at radius 2 is 1.52 bits per heavy atom. The second kappa shape index (κ2) is 11.1. The number of nitrogens with one attached hydrogen (secondary N) is 1. The molecular weight excluding hydrogens is 536 g/mol. The van der Waals surface area contributed by atoms with E-state index in [9.17, 15) is 27.9 Å². The van der Waals surface area contributed by atoms with Gasteiger partial charge in [-0.15, -0.1) is 0 Å². The predicted molar refractivity (Wildman–Crippen MR) is 143 cm³/mol. The molecule has 1 atom stereocenters. The van der Waals surface area contributed by atoms with E-state index >= 15 is 0 Å². The molecule has 0 saturated heterocycles. The van der Waals surface area contributed by atoms with Gasteiger partial charge in [0.05, 0.1) is 22.3 Å². The molecule has 0 spiro atoms. The predicted octanol–water partition coefficient (Wildman–Crippen LogP) is 3.47. The Hall–Kier alpha value is -4.81. The third-order valence-electron chi connectivity index (χ3n) is 6.36. The fraction of sp³-hybridized carbons (Fsp3) is 0.143. The summed E-state index contributed by atoms with van der Waals surface area (Å²) in [6.45, 7) is -0.0345. The minimum absolute atomic E-state index is 0.0345. The van der Waals surface area contributed by atoms with Gasteiger partial charge in [-0.2, -0.15) is 4.72 Å². The van der Waals surface area contributed by atoms with Gasteiger partial charge in [-0.1, -0.05) is 12.1 Å². The Morgan fingerprint density at radius 1 is 0.925 bits per heavy atom. The number of carboxylic acid groups (broad SMARTS) is 1. The highest BCUT2D eigenvalue weighted by Gasteiger charge is 2.35. The number of fused-ring (bicyclic) bond motifs is 1. The Balaban J connectivity index is 1.18. The molecular formula is C28H24N4O7S. The summed E-state index contributed by atoms with van der Waals surface area (Å²) in [7, 11) is -4.18. The summed E-state index contributed by atoms with van der Waals surface area (Å²) in [5, 5.41) is 9.61. The monoisotopic (exact) mass is 560 g/mol. The van der Waals surface area contributed by atoms with Crippen LogP contribution in [0.3, 0.4) is 0 Å². The minimum atomic E-state index is -4.18. The van der Waals surface area contributed by atoms with E-state index < -0.39 is 33.8 Å². The zero-order valence-corrected chi connectivity index (χ0v) is 21.8. The number of aromatic nitrogens is 2. The van der Waals surface area contributed by atoms with Crippen molar-refractivity contribution in [3.05, 3.63) is 103 Å². The molecule has 2 amide bonds. The molecule has 0 saturated carbocycles. The zero-order chi connectivity index (χ0) is 28.3. The second-order valence-corrected chi connectivity index (χ2v) is 10.7. The van der Waals surface area contributed by atoms with Crippen LogP contribution >= 0.6 is 0 Å². The SMILES string of the molecule is O=C(O)[C@@H](CCCN1C(=O)c2ccccc2C1=O)NS(=O)(=O)c1ccc(Oc2ccc(-n3ccnc3)cc2)cc1. The summed E-state index contributed by atoms with van der Waals surface area (Å²) >= 11 is 0. The Labute approximate surface area is 229 Å². The lowest BCUT2D eigenvalue weighted by molar-refractivity contribution is -0.139. The number of imide groups is 1. The third-order valence-corrected chi connectivity index (χ3v) is 7.84. The van der Waals surface area contributed by atoms with Crippen molar-refractivity contribution >= 4 is 27.8 Å². The number of sulfonamides is 1. The van der Waals surface area contributed by atoms with Gasteiger partial charge in [-0.3, -0.25) is 19.3 Å². The summed E-state index contributed by atoms with van der Waals surface area (Å²) in [4.78, 5) is 41.7. The Bertz CT molecular complexity index is 1620. The molecule has 1 aromatic heterocycles. The fourth-order valence-electron chi connectivity index (χ4n) is 4.30. The van der Waals surface area contributed by atoms with Gasteiger partial charge in [0, 0.05) is 24.6 Å². The fourth-order valence-corrected chi connectivity index (χ4v) is 5.53. The van der Waals surface area contributed by atoms with E-state index in [1.807, 2.05) is 22.9 Å². The summed E-state index contributed by atoms with van der Waals surface area (Å²) in [5.74, 6) is -1.34. The van der Waals surface area contributed by atoms with Crippen LogP contribution in [0, 0.1) is 0 Å². The maximum absolute atomic E-state index is 12.9. The van der Waals surface area contributed by atoms with E-state index in [1.165, 1.54) is 24.3 Å². The largest absolute Gasteiger partial charge is 0.480 e. The van der Waals surface area contributed by atoms with Crippen molar-refractivity contribution in [2.45, 2.75) is 23.8 Å². The molecule has 12 heteroatoms. The lowest BCUT2D eigenvalue weighted by atomic mass is 10.1. The van der Waals surface area contributed by atoms with Crippen LogP contribution in [0.2, 0.25) is 0 Å². The zero-order valence-electron chi connectivity index (χ0n) is 21.0. The molecule has 3 aromatic carbocycles. The summed E-state index contributed by atoms with van der Waals surface area (Å²) in [6.07, 6.45) is 5.13. The molecule has 204 valence electrons. The van der Waals surface area contributed by atoms with Crippen molar-refractivity contribution in [3.8, 4) is 17.2 Å². The summed E-state index contributed by atoms with van der Waals surface area (Å²) < 4.78 is 35.6. The van der Waals surface area contributed by atoms with E-state index in [2.05, 4.69) is 9.71 Å². The van der Waals surface area contributed by atoms with Crippen LogP contribution in [0.4, 0.5) is 0 Å². The highest BCUT2D eigenvalue weighted by Crippen LogP contribution is 2.25. The first-order valence-electron chi connectivity index (χ1n) is 12.3. The molecule has 4 aromatic rings. The maximum Gasteiger partial charge on any atom is 0.321 e. The number of hydrogen-bond acceptors (Lipinski definition) is 7. The number of nitrogens with zero attached hydrogens (tertiary/aromatic N) is 3. The summed E-state index contributed by atoms with van der Waals surface area (Å²) in [6, 6.07) is 17.8. The standard InChI is InChI=1S/C28H24N4O7S/c33-26-23-4-1-2-5-24(23)27(34)32(26)16-3-6-25(28(35)36)30-40(37,38)22-13-11-21(12-14-22)39-20-9-7-19(8-10-20)31-17-15-29-18-31/h1-2,4-5,7-15,17-18,25,30H,3,6,16H2,(H,35,36)/t25-/m1/s1. The quantitative estimate of drug-likeness (QED) is 0.265. The van der Waals surface area contributed by atoms with Crippen molar-refractivity contribution in [2.24, 2.45) is 0 Å². The Morgan fingerprint density at radius 3 is 2.08 bits per heavy atom. The van der Waals surface area contributed by atoms with Crippen LogP contribution in [-0.4, -0.2) is 58.3 Å². The van der Waals surface area contributed by atoms with Gasteiger partial charge in [0.2, 0.25) is 10.0 Å². The number of imidazole rings is 1. The van der Waals surface area contributed by atoms with Crippen molar-refractivity contribution in [2.75, 3.05) is 6.54 Å². The summed E-state index contributed by atoms with van der Waals surface area (Å²) in [5.41, 5.74) is 1.48. The van der Waals surface area contributed by atoms with Crippen molar-refractivity contribution in [3.63, 3.8) is 0 Å². The Kier molecular flexibility index (Phi) is 7.45. The first-order chi connectivity index (χ1) is 19.2. The lowest BCUT2D eigenvalue weighted by Gasteiger charge is -2.17. The maximum atomic E-state index is 12.9. The first kappa shape index (κ1) is 26.8. The smallest absolute Gasteiger partial charge is 0.321 e. The number of ether oxygens (including phenoxy) is 1. The highest BCUT2D eigenvalue weighted by atomic mass is 32.2. The molecule has 0 bridgehead atoms. The van der Waals surface area contributed by atoms with Crippen molar-refractivity contribution in [1.82, 2.24) is 19.2 Å². The van der Waals surface area contributed by atoms with Crippen LogP contribution in [0.15, 0.2) is 96.4 Å². The number of amides is 2.